The third-order valence-electron chi connectivity index (χ3n) is 4.88. The molecule has 130 valence electrons. The molecule has 2 unspecified atom stereocenters. The number of aryl methyl sites for hydroxylation is 1. The third-order valence-corrected chi connectivity index (χ3v) is 6.39. The fourth-order valence-electron chi connectivity index (χ4n) is 3.38. The summed E-state index contributed by atoms with van der Waals surface area (Å²) < 4.78 is 5.77. The molecule has 6 heteroatoms. The number of hydrogen-bond donors (Lipinski definition) is 0. The fourth-order valence-corrected chi connectivity index (χ4v) is 4.80. The predicted octanol–water partition coefficient (Wildman–Crippen LogP) is 2.29. The summed E-state index contributed by atoms with van der Waals surface area (Å²) in [5.74, 6) is 1.64. The summed E-state index contributed by atoms with van der Waals surface area (Å²) in [6.07, 6.45) is 1.38. The fraction of sp³-hybridized carbons (Fsp3) is 0.556. The maximum atomic E-state index is 12.7. The van der Waals surface area contributed by atoms with Crippen molar-refractivity contribution in [1.82, 2.24) is 9.80 Å². The Bertz CT molecular complexity index is 651. The smallest absolute Gasteiger partial charge is 0.246 e. The molecule has 2 aliphatic rings. The molecule has 3 rings (SSSR count). The number of carbonyl (C=O) groups is 2. The molecular formula is C18H24N2O3S. The number of ether oxygens (including phenoxy) is 1. The van der Waals surface area contributed by atoms with Crippen LogP contribution in [0.3, 0.4) is 0 Å². The monoisotopic (exact) mass is 348 g/mol. The van der Waals surface area contributed by atoms with Crippen LogP contribution >= 0.6 is 11.8 Å². The number of nitrogens with zero attached hydrogens (tertiary/aromatic N) is 2. The van der Waals surface area contributed by atoms with E-state index >= 15 is 0 Å². The van der Waals surface area contributed by atoms with Crippen LogP contribution < -0.4 is 4.74 Å². The van der Waals surface area contributed by atoms with Gasteiger partial charge in [-0.15, -0.1) is 11.8 Å². The SMILES string of the molecule is Cc1ccccc1OCCN(C)C(=O)C1CSC2(C)CCC(=O)N12. The van der Waals surface area contributed by atoms with E-state index in [0.29, 0.717) is 25.3 Å². The van der Waals surface area contributed by atoms with E-state index in [1.54, 1.807) is 28.6 Å². The van der Waals surface area contributed by atoms with E-state index in [1.165, 1.54) is 0 Å². The highest BCUT2D eigenvalue weighted by Crippen LogP contribution is 2.47. The Morgan fingerprint density at radius 3 is 2.96 bits per heavy atom. The van der Waals surface area contributed by atoms with Crippen molar-refractivity contribution in [2.75, 3.05) is 26.0 Å². The summed E-state index contributed by atoms with van der Waals surface area (Å²) in [6, 6.07) is 7.50. The topological polar surface area (TPSA) is 49.9 Å². The van der Waals surface area contributed by atoms with Crippen LogP contribution in [-0.2, 0) is 9.59 Å². The first-order valence-corrected chi connectivity index (χ1v) is 9.30. The predicted molar refractivity (Wildman–Crippen MR) is 95.0 cm³/mol. The van der Waals surface area contributed by atoms with Gasteiger partial charge in [-0.1, -0.05) is 18.2 Å². The second-order valence-corrected chi connectivity index (χ2v) is 8.14. The Hall–Kier alpha value is -1.69. The second-order valence-electron chi connectivity index (χ2n) is 6.64. The van der Waals surface area contributed by atoms with Gasteiger partial charge in [0, 0.05) is 19.2 Å². The molecule has 0 aliphatic carbocycles. The van der Waals surface area contributed by atoms with Crippen LogP contribution in [0.15, 0.2) is 24.3 Å². The third kappa shape index (κ3) is 3.11. The van der Waals surface area contributed by atoms with E-state index in [9.17, 15) is 9.59 Å². The van der Waals surface area contributed by atoms with Gasteiger partial charge in [-0.2, -0.15) is 0 Å². The van der Waals surface area contributed by atoms with Crippen LogP contribution in [0, 0.1) is 6.92 Å². The highest BCUT2D eigenvalue weighted by atomic mass is 32.2. The highest BCUT2D eigenvalue weighted by Gasteiger charge is 2.53. The molecule has 2 aliphatic heterocycles. The number of hydrogen-bond acceptors (Lipinski definition) is 4. The van der Waals surface area contributed by atoms with Crippen LogP contribution in [0.5, 0.6) is 5.75 Å². The second kappa shape index (κ2) is 6.67. The first kappa shape index (κ1) is 17.1. The van der Waals surface area contributed by atoms with E-state index < -0.39 is 0 Å². The number of rotatable bonds is 5. The zero-order valence-corrected chi connectivity index (χ0v) is 15.3. The van der Waals surface area contributed by atoms with Crippen molar-refractivity contribution in [3.05, 3.63) is 29.8 Å². The van der Waals surface area contributed by atoms with Gasteiger partial charge in [-0.25, -0.2) is 0 Å². The summed E-state index contributed by atoms with van der Waals surface area (Å²) in [5.41, 5.74) is 1.08. The van der Waals surface area contributed by atoms with Gasteiger partial charge in [0.2, 0.25) is 11.8 Å². The number of benzene rings is 1. The van der Waals surface area contributed by atoms with Crippen LogP contribution in [0.1, 0.15) is 25.3 Å². The Morgan fingerprint density at radius 1 is 1.46 bits per heavy atom. The van der Waals surface area contributed by atoms with Gasteiger partial charge in [0.25, 0.3) is 0 Å². The van der Waals surface area contributed by atoms with Gasteiger partial charge in [0.15, 0.2) is 0 Å². The van der Waals surface area contributed by atoms with Crippen molar-refractivity contribution in [3.8, 4) is 5.75 Å². The summed E-state index contributed by atoms with van der Waals surface area (Å²) in [6.45, 7) is 5.02. The van der Waals surface area contributed by atoms with Gasteiger partial charge < -0.3 is 14.5 Å². The van der Waals surface area contributed by atoms with Crippen molar-refractivity contribution in [1.29, 1.82) is 0 Å². The largest absolute Gasteiger partial charge is 0.491 e. The number of thioether (sulfide) groups is 1. The minimum absolute atomic E-state index is 0.00913. The summed E-state index contributed by atoms with van der Waals surface area (Å²) in [4.78, 5) is 28.2. The van der Waals surface area contributed by atoms with Crippen molar-refractivity contribution >= 4 is 23.6 Å². The highest BCUT2D eigenvalue weighted by molar-refractivity contribution is 8.01. The Morgan fingerprint density at radius 2 is 2.21 bits per heavy atom. The molecule has 0 radical (unpaired) electrons. The summed E-state index contributed by atoms with van der Waals surface area (Å²) >= 11 is 1.72. The molecule has 0 bridgehead atoms. The first-order chi connectivity index (χ1) is 11.4. The Balaban J connectivity index is 1.56. The maximum absolute atomic E-state index is 12.7. The van der Waals surface area contributed by atoms with Gasteiger partial charge in [-0.3, -0.25) is 9.59 Å². The van der Waals surface area contributed by atoms with Crippen LogP contribution in [0.25, 0.3) is 0 Å². The molecule has 2 saturated heterocycles. The van der Waals surface area contributed by atoms with Crippen molar-refractivity contribution in [2.45, 2.75) is 37.6 Å². The summed E-state index contributed by atoms with van der Waals surface area (Å²) in [5, 5.41) is 0. The van der Waals surface area contributed by atoms with Gasteiger partial charge in [0.05, 0.1) is 11.4 Å². The molecule has 1 aromatic rings. The standard InChI is InChI=1S/C18H24N2O3S/c1-13-6-4-5-7-15(13)23-11-10-19(3)17(22)14-12-24-18(2)9-8-16(21)20(14)18/h4-7,14H,8-12H2,1-3H3. The molecule has 5 nitrogen and oxygen atoms in total. The molecule has 1 aromatic carbocycles. The lowest BCUT2D eigenvalue weighted by atomic mass is 10.2. The zero-order valence-electron chi connectivity index (χ0n) is 14.4. The average molecular weight is 348 g/mol. The van der Waals surface area contributed by atoms with Crippen LogP contribution in [0.4, 0.5) is 0 Å². The van der Waals surface area contributed by atoms with Crippen LogP contribution in [0.2, 0.25) is 0 Å². The number of likely N-dealkylation sites (N-methyl/N-ethyl adjacent to an activating group) is 1. The van der Waals surface area contributed by atoms with Gasteiger partial charge >= 0.3 is 0 Å². The molecule has 2 atom stereocenters. The minimum atomic E-state index is -0.335. The molecular weight excluding hydrogens is 324 g/mol. The van der Waals surface area contributed by atoms with Crippen molar-refractivity contribution in [2.24, 2.45) is 0 Å². The molecule has 0 saturated carbocycles. The van der Waals surface area contributed by atoms with E-state index in [1.807, 2.05) is 31.2 Å². The van der Waals surface area contributed by atoms with E-state index in [0.717, 1.165) is 17.7 Å². The van der Waals surface area contributed by atoms with E-state index in [-0.39, 0.29) is 22.7 Å². The molecule has 24 heavy (non-hydrogen) atoms. The quantitative estimate of drug-likeness (QED) is 0.819. The molecule has 0 spiro atoms. The lowest BCUT2D eigenvalue weighted by molar-refractivity contribution is -0.143. The van der Waals surface area contributed by atoms with E-state index in [2.05, 4.69) is 6.92 Å². The number of amides is 2. The Labute approximate surface area is 147 Å². The minimum Gasteiger partial charge on any atom is -0.491 e. The Kier molecular flexibility index (Phi) is 4.76. The van der Waals surface area contributed by atoms with Crippen LogP contribution in [-0.4, -0.2) is 58.5 Å². The first-order valence-electron chi connectivity index (χ1n) is 8.32. The molecule has 2 amide bonds. The normalized spacial score (nSPS) is 25.7. The van der Waals surface area contributed by atoms with Gasteiger partial charge in [0.1, 0.15) is 18.4 Å². The zero-order chi connectivity index (χ0) is 17.3. The maximum Gasteiger partial charge on any atom is 0.246 e. The number of para-hydroxylation sites is 1. The van der Waals surface area contributed by atoms with Gasteiger partial charge in [-0.05, 0) is 31.9 Å². The molecule has 2 heterocycles. The lowest BCUT2D eigenvalue weighted by Crippen LogP contribution is -2.51. The summed E-state index contributed by atoms with van der Waals surface area (Å²) in [7, 11) is 1.78. The molecule has 0 N–H and O–H groups in total. The van der Waals surface area contributed by atoms with E-state index in [4.69, 9.17) is 4.74 Å². The van der Waals surface area contributed by atoms with Crippen molar-refractivity contribution < 1.29 is 14.3 Å². The average Bonchev–Trinajstić information content (AvgIpc) is 3.05. The number of fused-ring (bicyclic) bond motifs is 1. The lowest BCUT2D eigenvalue weighted by Gasteiger charge is -2.31. The number of carbonyl (C=O) groups excluding carboxylic acids is 2. The van der Waals surface area contributed by atoms with Crippen molar-refractivity contribution in [3.63, 3.8) is 0 Å². The molecule has 0 aromatic heterocycles. The molecule has 2 fully saturated rings.